The highest BCUT2D eigenvalue weighted by molar-refractivity contribution is 5.78. The number of carbonyl (C=O) groups excluding carboxylic acids is 1. The van der Waals surface area contributed by atoms with Crippen LogP contribution in [-0.4, -0.2) is 48.8 Å². The third-order valence-corrected chi connectivity index (χ3v) is 7.11. The van der Waals surface area contributed by atoms with Crippen LogP contribution in [0.2, 0.25) is 0 Å². The molecule has 2 aliphatic rings. The summed E-state index contributed by atoms with van der Waals surface area (Å²) in [5.74, 6) is 1.55. The van der Waals surface area contributed by atoms with E-state index in [-0.39, 0.29) is 24.4 Å². The Morgan fingerprint density at radius 1 is 1.12 bits per heavy atom. The predicted molar refractivity (Wildman–Crippen MR) is 124 cm³/mol. The molecule has 4 rings (SSSR count). The van der Waals surface area contributed by atoms with Gasteiger partial charge < -0.3 is 19.9 Å². The molecule has 0 aromatic heterocycles. The van der Waals surface area contributed by atoms with Crippen LogP contribution in [0, 0.1) is 5.92 Å². The summed E-state index contributed by atoms with van der Waals surface area (Å²) in [6.07, 6.45) is 4.57. The molecule has 1 saturated carbocycles. The largest absolute Gasteiger partial charge is 0.497 e. The predicted octanol–water partition coefficient (Wildman–Crippen LogP) is 3.69. The van der Waals surface area contributed by atoms with E-state index in [2.05, 4.69) is 10.2 Å². The lowest BCUT2D eigenvalue weighted by Gasteiger charge is -2.52. The number of nitrogens with zero attached hydrogens (tertiary/aromatic N) is 1. The van der Waals surface area contributed by atoms with Gasteiger partial charge in [-0.3, -0.25) is 9.69 Å². The Morgan fingerprint density at radius 2 is 1.94 bits per heavy atom. The number of hydrogen-bond acceptors (Lipinski definition) is 5. The molecule has 172 valence electrons. The molecule has 1 heterocycles. The maximum atomic E-state index is 12.9. The van der Waals surface area contributed by atoms with Crippen LogP contribution in [0.15, 0.2) is 48.5 Å². The normalized spacial score (nSPS) is 25.6. The topological polar surface area (TPSA) is 71.0 Å². The smallest absolute Gasteiger partial charge is 0.234 e. The third kappa shape index (κ3) is 4.76. The zero-order chi connectivity index (χ0) is 22.6. The maximum absolute atomic E-state index is 12.9. The van der Waals surface area contributed by atoms with E-state index in [1.807, 2.05) is 48.5 Å². The first-order valence-corrected chi connectivity index (χ1v) is 11.5. The molecule has 6 nitrogen and oxygen atoms in total. The molecule has 2 aromatic carbocycles. The number of aliphatic hydroxyl groups is 1. The Balaban J connectivity index is 1.60. The zero-order valence-corrected chi connectivity index (χ0v) is 19.0. The Morgan fingerprint density at radius 3 is 2.69 bits per heavy atom. The number of carbonyl (C=O) groups is 1. The molecule has 1 amide bonds. The third-order valence-electron chi connectivity index (χ3n) is 7.11. The number of amides is 1. The fourth-order valence-electron chi connectivity index (χ4n) is 5.44. The SMILES string of the molecule is COc1ccc(OC)c([C@@H]2[C@@H]3CCCC[C@@]3(O)CCN2CC(=O)NCc2ccccc2)c1. The van der Waals surface area contributed by atoms with E-state index in [1.54, 1.807) is 14.2 Å². The number of ether oxygens (including phenoxy) is 2. The second-order valence-corrected chi connectivity index (χ2v) is 8.99. The van der Waals surface area contributed by atoms with Gasteiger partial charge in [-0.05, 0) is 43.0 Å². The Hall–Kier alpha value is -2.57. The van der Waals surface area contributed by atoms with Crippen molar-refractivity contribution < 1.29 is 19.4 Å². The molecule has 0 bridgehead atoms. The molecule has 6 heteroatoms. The lowest BCUT2D eigenvalue weighted by atomic mass is 9.66. The Bertz CT molecular complexity index is 919. The summed E-state index contributed by atoms with van der Waals surface area (Å²) < 4.78 is 11.2. The van der Waals surface area contributed by atoms with Gasteiger partial charge in [-0.15, -0.1) is 0 Å². The van der Waals surface area contributed by atoms with Crippen molar-refractivity contribution in [2.75, 3.05) is 27.3 Å². The zero-order valence-electron chi connectivity index (χ0n) is 19.0. The van der Waals surface area contributed by atoms with Gasteiger partial charge in [-0.25, -0.2) is 0 Å². The van der Waals surface area contributed by atoms with E-state index in [0.717, 1.165) is 48.3 Å². The van der Waals surface area contributed by atoms with E-state index >= 15 is 0 Å². The number of benzene rings is 2. The fraction of sp³-hybridized carbons (Fsp3) is 0.500. The maximum Gasteiger partial charge on any atom is 0.234 e. The second kappa shape index (κ2) is 9.92. The monoisotopic (exact) mass is 438 g/mol. The first-order valence-electron chi connectivity index (χ1n) is 11.5. The minimum atomic E-state index is -0.700. The van der Waals surface area contributed by atoms with Crippen molar-refractivity contribution in [3.63, 3.8) is 0 Å². The number of piperidine rings is 1. The average Bonchev–Trinajstić information content (AvgIpc) is 2.83. The Labute approximate surface area is 190 Å². The van der Waals surface area contributed by atoms with E-state index in [9.17, 15) is 9.90 Å². The van der Waals surface area contributed by atoms with Crippen LogP contribution in [-0.2, 0) is 11.3 Å². The molecule has 1 aliphatic carbocycles. The molecule has 0 unspecified atom stereocenters. The van der Waals surface area contributed by atoms with Gasteiger partial charge in [0.25, 0.3) is 0 Å². The van der Waals surface area contributed by atoms with Gasteiger partial charge in [-0.1, -0.05) is 43.2 Å². The highest BCUT2D eigenvalue weighted by Gasteiger charge is 2.49. The molecule has 0 spiro atoms. The van der Waals surface area contributed by atoms with Crippen molar-refractivity contribution in [1.82, 2.24) is 10.2 Å². The number of rotatable bonds is 7. The van der Waals surface area contributed by atoms with E-state index in [1.165, 1.54) is 0 Å². The molecular formula is C26H34N2O4. The lowest BCUT2D eigenvalue weighted by molar-refractivity contribution is -0.138. The number of methoxy groups -OCH3 is 2. The van der Waals surface area contributed by atoms with Crippen molar-refractivity contribution in [3.05, 3.63) is 59.7 Å². The highest BCUT2D eigenvalue weighted by Crippen LogP contribution is 2.51. The molecular weight excluding hydrogens is 404 g/mol. The van der Waals surface area contributed by atoms with Crippen LogP contribution in [0.1, 0.15) is 49.3 Å². The fourth-order valence-corrected chi connectivity index (χ4v) is 5.44. The van der Waals surface area contributed by atoms with Gasteiger partial charge in [0.1, 0.15) is 11.5 Å². The second-order valence-electron chi connectivity index (χ2n) is 8.99. The first kappa shape index (κ1) is 22.6. The van der Waals surface area contributed by atoms with Crippen LogP contribution in [0.25, 0.3) is 0 Å². The summed E-state index contributed by atoms with van der Waals surface area (Å²) in [5.41, 5.74) is 1.36. The summed E-state index contributed by atoms with van der Waals surface area (Å²) in [6, 6.07) is 15.6. The van der Waals surface area contributed by atoms with Crippen molar-refractivity contribution in [2.24, 2.45) is 5.92 Å². The van der Waals surface area contributed by atoms with Crippen LogP contribution in [0.5, 0.6) is 11.5 Å². The highest BCUT2D eigenvalue weighted by atomic mass is 16.5. The Kier molecular flexibility index (Phi) is 7.01. The van der Waals surface area contributed by atoms with Gasteiger partial charge >= 0.3 is 0 Å². The summed E-state index contributed by atoms with van der Waals surface area (Å²) in [5, 5.41) is 14.6. The van der Waals surface area contributed by atoms with E-state index < -0.39 is 5.60 Å². The van der Waals surface area contributed by atoms with Crippen molar-refractivity contribution in [3.8, 4) is 11.5 Å². The van der Waals surface area contributed by atoms with Crippen molar-refractivity contribution >= 4 is 5.91 Å². The minimum absolute atomic E-state index is 0.0121. The van der Waals surface area contributed by atoms with Crippen molar-refractivity contribution in [2.45, 2.75) is 50.3 Å². The van der Waals surface area contributed by atoms with Gasteiger partial charge in [0.05, 0.1) is 26.4 Å². The molecule has 3 atom stereocenters. The van der Waals surface area contributed by atoms with Gasteiger partial charge in [0, 0.05) is 30.6 Å². The summed E-state index contributed by atoms with van der Waals surface area (Å²) in [6.45, 7) is 1.45. The number of fused-ring (bicyclic) bond motifs is 1. The number of nitrogens with one attached hydrogen (secondary N) is 1. The number of likely N-dealkylation sites (tertiary alicyclic amines) is 1. The summed E-state index contributed by atoms with van der Waals surface area (Å²) in [4.78, 5) is 15.1. The quantitative estimate of drug-likeness (QED) is 0.690. The molecule has 32 heavy (non-hydrogen) atoms. The lowest BCUT2D eigenvalue weighted by Crippen LogP contribution is -2.56. The number of hydrogen-bond donors (Lipinski definition) is 2. The van der Waals surface area contributed by atoms with Gasteiger partial charge in [-0.2, -0.15) is 0 Å². The molecule has 1 aliphatic heterocycles. The molecule has 2 fully saturated rings. The summed E-state index contributed by atoms with van der Waals surface area (Å²) in [7, 11) is 3.32. The van der Waals surface area contributed by atoms with Crippen LogP contribution < -0.4 is 14.8 Å². The van der Waals surface area contributed by atoms with Crippen LogP contribution >= 0.6 is 0 Å². The van der Waals surface area contributed by atoms with Crippen LogP contribution in [0.3, 0.4) is 0 Å². The van der Waals surface area contributed by atoms with E-state index in [0.29, 0.717) is 19.5 Å². The standard InChI is InChI=1S/C26H34N2O4/c1-31-20-11-12-23(32-2)21(16-20)25-22-10-6-7-13-26(22,30)14-15-28(25)18-24(29)27-17-19-8-4-3-5-9-19/h3-5,8-9,11-12,16,22,25,30H,6-7,10,13-15,17-18H2,1-2H3,(H,27,29)/t22-,25+,26+/m0/s1. The first-order chi connectivity index (χ1) is 15.5. The molecule has 0 radical (unpaired) electrons. The minimum Gasteiger partial charge on any atom is -0.497 e. The molecule has 2 aromatic rings. The van der Waals surface area contributed by atoms with Crippen LogP contribution in [0.4, 0.5) is 0 Å². The summed E-state index contributed by atoms with van der Waals surface area (Å²) >= 11 is 0. The van der Waals surface area contributed by atoms with Gasteiger partial charge in [0.15, 0.2) is 0 Å². The van der Waals surface area contributed by atoms with Gasteiger partial charge in [0.2, 0.25) is 5.91 Å². The molecule has 1 saturated heterocycles. The average molecular weight is 439 g/mol. The van der Waals surface area contributed by atoms with E-state index in [4.69, 9.17) is 9.47 Å². The van der Waals surface area contributed by atoms with Crippen molar-refractivity contribution in [1.29, 1.82) is 0 Å². The molecule has 2 N–H and O–H groups in total.